The minimum Gasteiger partial charge on any atom is -0.351 e. The lowest BCUT2D eigenvalue weighted by molar-refractivity contribution is -0.116. The van der Waals surface area contributed by atoms with Crippen LogP contribution in [0.1, 0.15) is 27.4 Å². The number of amides is 2. The molecule has 2 amide bonds. The van der Waals surface area contributed by atoms with Crippen molar-refractivity contribution in [1.29, 1.82) is 0 Å². The molecule has 140 valence electrons. The third-order valence-corrected chi connectivity index (χ3v) is 5.53. The molecule has 0 spiro atoms. The van der Waals surface area contributed by atoms with E-state index in [-0.39, 0.29) is 24.1 Å². The lowest BCUT2D eigenvalue weighted by Gasteiger charge is -2.04. The van der Waals surface area contributed by atoms with Crippen LogP contribution in [-0.2, 0) is 4.79 Å². The number of thiazole rings is 1. The van der Waals surface area contributed by atoms with Crippen molar-refractivity contribution >= 4 is 39.6 Å². The molecule has 8 heteroatoms. The summed E-state index contributed by atoms with van der Waals surface area (Å²) in [6.45, 7) is 2.34. The van der Waals surface area contributed by atoms with Crippen LogP contribution in [0.2, 0.25) is 0 Å². The van der Waals surface area contributed by atoms with Crippen LogP contribution in [0.25, 0.3) is 11.3 Å². The Hall–Kier alpha value is -2.58. The summed E-state index contributed by atoms with van der Waals surface area (Å²) >= 11 is 2.76. The SMILES string of the molecule is Cc1sc(NC(=O)CCCNC(=O)c2cccs2)nc1-c1ccc(F)cc1. The number of aromatic nitrogens is 1. The zero-order chi connectivity index (χ0) is 19.2. The fourth-order valence-electron chi connectivity index (χ4n) is 2.45. The molecule has 0 atom stereocenters. The van der Waals surface area contributed by atoms with E-state index < -0.39 is 0 Å². The number of benzene rings is 1. The summed E-state index contributed by atoms with van der Waals surface area (Å²) in [5.41, 5.74) is 1.54. The fourth-order valence-corrected chi connectivity index (χ4v) is 3.95. The second-order valence-corrected chi connectivity index (χ2v) is 7.97. The quantitative estimate of drug-likeness (QED) is 0.572. The van der Waals surface area contributed by atoms with Crippen molar-refractivity contribution in [2.75, 3.05) is 11.9 Å². The van der Waals surface area contributed by atoms with Gasteiger partial charge in [-0.1, -0.05) is 6.07 Å². The van der Waals surface area contributed by atoms with Gasteiger partial charge in [0.2, 0.25) is 5.91 Å². The minimum atomic E-state index is -0.300. The predicted molar refractivity (Wildman–Crippen MR) is 107 cm³/mol. The number of halogens is 1. The summed E-state index contributed by atoms with van der Waals surface area (Å²) in [5.74, 6) is -0.573. The molecule has 2 aromatic heterocycles. The molecule has 1 aromatic carbocycles. The van der Waals surface area contributed by atoms with E-state index in [0.717, 1.165) is 16.1 Å². The lowest BCUT2D eigenvalue weighted by atomic mass is 10.1. The van der Waals surface area contributed by atoms with Crippen molar-refractivity contribution < 1.29 is 14.0 Å². The Morgan fingerprint density at radius 3 is 2.67 bits per heavy atom. The van der Waals surface area contributed by atoms with E-state index in [1.54, 1.807) is 18.2 Å². The summed E-state index contributed by atoms with van der Waals surface area (Å²) in [4.78, 5) is 29.9. The Balaban J connectivity index is 1.47. The predicted octanol–water partition coefficient (Wildman–Crippen LogP) is 4.47. The highest BCUT2D eigenvalue weighted by Crippen LogP contribution is 2.30. The Bertz CT molecular complexity index is 921. The molecule has 0 aliphatic carbocycles. The molecule has 0 radical (unpaired) electrons. The van der Waals surface area contributed by atoms with E-state index in [4.69, 9.17) is 0 Å². The molecule has 0 saturated heterocycles. The molecule has 0 aliphatic heterocycles. The van der Waals surface area contributed by atoms with Crippen LogP contribution in [0.3, 0.4) is 0 Å². The van der Waals surface area contributed by atoms with Gasteiger partial charge in [0.25, 0.3) is 5.91 Å². The highest BCUT2D eigenvalue weighted by Gasteiger charge is 2.12. The first-order valence-corrected chi connectivity index (χ1v) is 10.1. The number of carbonyl (C=O) groups is 2. The van der Waals surface area contributed by atoms with E-state index in [0.29, 0.717) is 23.0 Å². The highest BCUT2D eigenvalue weighted by molar-refractivity contribution is 7.16. The maximum absolute atomic E-state index is 13.1. The fraction of sp³-hybridized carbons (Fsp3) is 0.211. The van der Waals surface area contributed by atoms with Gasteiger partial charge in [-0.2, -0.15) is 0 Å². The van der Waals surface area contributed by atoms with Gasteiger partial charge in [-0.15, -0.1) is 22.7 Å². The molecular formula is C19H18FN3O2S2. The molecule has 0 bridgehead atoms. The number of thiophene rings is 1. The summed E-state index contributed by atoms with van der Waals surface area (Å²) in [5, 5.41) is 7.93. The number of nitrogens with zero attached hydrogens (tertiary/aromatic N) is 1. The second kappa shape index (κ2) is 8.88. The average Bonchev–Trinajstić information content (AvgIpc) is 3.29. The first-order chi connectivity index (χ1) is 13.0. The minimum absolute atomic E-state index is 0.120. The van der Waals surface area contributed by atoms with Crippen LogP contribution >= 0.6 is 22.7 Å². The maximum Gasteiger partial charge on any atom is 0.261 e. The lowest BCUT2D eigenvalue weighted by Crippen LogP contribution is -2.24. The van der Waals surface area contributed by atoms with Gasteiger partial charge < -0.3 is 10.6 Å². The molecule has 5 nitrogen and oxygen atoms in total. The van der Waals surface area contributed by atoms with Crippen molar-refractivity contribution in [3.8, 4) is 11.3 Å². The second-order valence-electron chi connectivity index (χ2n) is 5.82. The number of hydrogen-bond donors (Lipinski definition) is 2. The van der Waals surface area contributed by atoms with Crippen molar-refractivity contribution in [3.05, 3.63) is 57.3 Å². The van der Waals surface area contributed by atoms with Gasteiger partial charge in [0.15, 0.2) is 5.13 Å². The molecule has 2 heterocycles. The number of aryl methyl sites for hydroxylation is 1. The van der Waals surface area contributed by atoms with Gasteiger partial charge in [0, 0.05) is 23.4 Å². The van der Waals surface area contributed by atoms with Gasteiger partial charge >= 0.3 is 0 Å². The monoisotopic (exact) mass is 403 g/mol. The van der Waals surface area contributed by atoms with Crippen LogP contribution in [-0.4, -0.2) is 23.3 Å². The van der Waals surface area contributed by atoms with Gasteiger partial charge in [-0.25, -0.2) is 9.37 Å². The number of hydrogen-bond acceptors (Lipinski definition) is 5. The third-order valence-electron chi connectivity index (χ3n) is 3.77. The van der Waals surface area contributed by atoms with Gasteiger partial charge in [-0.3, -0.25) is 9.59 Å². The van der Waals surface area contributed by atoms with Crippen molar-refractivity contribution in [2.45, 2.75) is 19.8 Å². The highest BCUT2D eigenvalue weighted by atomic mass is 32.1. The zero-order valence-electron chi connectivity index (χ0n) is 14.6. The Kier molecular flexibility index (Phi) is 6.31. The number of rotatable bonds is 7. The van der Waals surface area contributed by atoms with Gasteiger partial charge in [0.1, 0.15) is 5.82 Å². The first-order valence-electron chi connectivity index (χ1n) is 8.38. The number of nitrogens with one attached hydrogen (secondary N) is 2. The Labute approximate surface area is 164 Å². The van der Waals surface area contributed by atoms with E-state index in [1.165, 1.54) is 34.8 Å². The number of carbonyl (C=O) groups excluding carboxylic acids is 2. The first kappa shape index (κ1) is 19.2. The summed E-state index contributed by atoms with van der Waals surface area (Å²) < 4.78 is 13.1. The van der Waals surface area contributed by atoms with Gasteiger partial charge in [-0.05, 0) is 49.1 Å². The van der Waals surface area contributed by atoms with Crippen LogP contribution in [0.15, 0.2) is 41.8 Å². The van der Waals surface area contributed by atoms with Crippen LogP contribution < -0.4 is 10.6 Å². The van der Waals surface area contributed by atoms with E-state index in [9.17, 15) is 14.0 Å². The Morgan fingerprint density at radius 1 is 1.19 bits per heavy atom. The molecule has 2 N–H and O–H groups in total. The van der Waals surface area contributed by atoms with Crippen molar-refractivity contribution in [3.63, 3.8) is 0 Å². The molecule has 0 fully saturated rings. The molecule has 27 heavy (non-hydrogen) atoms. The van der Waals surface area contributed by atoms with Crippen LogP contribution in [0, 0.1) is 12.7 Å². The maximum atomic E-state index is 13.1. The summed E-state index contributed by atoms with van der Waals surface area (Å²) in [6.07, 6.45) is 0.827. The zero-order valence-corrected chi connectivity index (χ0v) is 16.3. The van der Waals surface area contributed by atoms with Gasteiger partial charge in [0.05, 0.1) is 10.6 Å². The van der Waals surface area contributed by atoms with Crippen LogP contribution in [0.4, 0.5) is 9.52 Å². The Morgan fingerprint density at radius 2 is 1.96 bits per heavy atom. The molecule has 3 aromatic rings. The van der Waals surface area contributed by atoms with E-state index in [1.807, 2.05) is 18.4 Å². The van der Waals surface area contributed by atoms with Crippen molar-refractivity contribution in [2.24, 2.45) is 0 Å². The smallest absolute Gasteiger partial charge is 0.261 e. The molecule has 3 rings (SSSR count). The molecule has 0 unspecified atom stereocenters. The normalized spacial score (nSPS) is 10.6. The molecule has 0 aliphatic rings. The van der Waals surface area contributed by atoms with E-state index in [2.05, 4.69) is 15.6 Å². The average molecular weight is 404 g/mol. The summed E-state index contributed by atoms with van der Waals surface area (Å²) in [6, 6.07) is 9.69. The van der Waals surface area contributed by atoms with Crippen molar-refractivity contribution in [1.82, 2.24) is 10.3 Å². The standard InChI is InChI=1S/C19H18FN3O2S2/c1-12-17(13-6-8-14(20)9-7-13)23-19(27-12)22-16(24)5-2-10-21-18(25)15-4-3-11-26-15/h3-4,6-9,11H,2,5,10H2,1H3,(H,21,25)(H,22,23,24). The molecular weight excluding hydrogens is 385 g/mol. The molecule has 0 saturated carbocycles. The largest absolute Gasteiger partial charge is 0.351 e. The van der Waals surface area contributed by atoms with E-state index >= 15 is 0 Å². The number of anilines is 1. The third kappa shape index (κ3) is 5.21. The topological polar surface area (TPSA) is 71.1 Å². The summed E-state index contributed by atoms with van der Waals surface area (Å²) in [7, 11) is 0. The van der Waals surface area contributed by atoms with Crippen LogP contribution in [0.5, 0.6) is 0 Å².